The number of hydrogen-bond acceptors (Lipinski definition) is 11. The van der Waals surface area contributed by atoms with Crippen molar-refractivity contribution in [2.45, 2.75) is 19.4 Å². The van der Waals surface area contributed by atoms with Crippen LogP contribution in [0.15, 0.2) is 77.2 Å². The van der Waals surface area contributed by atoms with E-state index in [0.29, 0.717) is 78.2 Å². The first-order valence-electron chi connectivity index (χ1n) is 15.0. The number of rotatable bonds is 22. The fourth-order valence-corrected chi connectivity index (χ4v) is 4.40. The van der Waals surface area contributed by atoms with Gasteiger partial charge in [-0.15, -0.1) is 0 Å². The van der Waals surface area contributed by atoms with Gasteiger partial charge in [0.15, 0.2) is 5.89 Å². The minimum absolute atomic E-state index is 0. The second kappa shape index (κ2) is 20.8. The first-order chi connectivity index (χ1) is 22.2. The van der Waals surface area contributed by atoms with Gasteiger partial charge in [-0.05, 0) is 47.5 Å². The van der Waals surface area contributed by atoms with Crippen molar-refractivity contribution in [1.82, 2.24) is 11.1 Å². The summed E-state index contributed by atoms with van der Waals surface area (Å²) in [6.45, 7) is 4.02. The van der Waals surface area contributed by atoms with Crippen molar-refractivity contribution < 1.29 is 42.3 Å². The lowest BCUT2D eigenvalue weighted by molar-refractivity contribution is 0.0292. The third-order valence-electron chi connectivity index (χ3n) is 6.60. The normalized spacial score (nSPS) is 10.8. The molecule has 0 saturated heterocycles. The number of ether oxygens (including phenoxy) is 8. The highest BCUT2D eigenvalue weighted by atomic mass is 16.5. The van der Waals surface area contributed by atoms with E-state index in [-0.39, 0.29) is 6.15 Å². The van der Waals surface area contributed by atoms with Gasteiger partial charge >= 0.3 is 0 Å². The second-order valence-electron chi connectivity index (χ2n) is 10.0. The van der Waals surface area contributed by atoms with Gasteiger partial charge in [-0.1, -0.05) is 30.3 Å². The van der Waals surface area contributed by atoms with Crippen LogP contribution in [-0.2, 0) is 38.4 Å². The summed E-state index contributed by atoms with van der Waals surface area (Å²) in [4.78, 5) is 4.81. The van der Waals surface area contributed by atoms with Crippen molar-refractivity contribution in [3.8, 4) is 23.0 Å². The lowest BCUT2D eigenvalue weighted by atomic mass is 10.1. The zero-order chi connectivity index (χ0) is 31.5. The predicted octanol–water partition coefficient (Wildman–Crippen LogP) is 5.69. The van der Waals surface area contributed by atoms with Crippen molar-refractivity contribution in [3.05, 3.63) is 101 Å². The van der Waals surface area contributed by atoms with E-state index in [1.165, 1.54) is 0 Å². The number of oxazole rings is 1. The molecule has 4 rings (SSSR count). The van der Waals surface area contributed by atoms with E-state index in [4.69, 9.17) is 47.3 Å². The van der Waals surface area contributed by atoms with Crippen molar-refractivity contribution >= 4 is 0 Å². The summed E-state index contributed by atoms with van der Waals surface area (Å²) >= 11 is 0. The maximum Gasteiger partial charge on any atom is 0.199 e. The quantitative estimate of drug-likeness (QED) is 0.106. The van der Waals surface area contributed by atoms with Gasteiger partial charge in [-0.2, -0.15) is 0 Å². The highest BCUT2D eigenvalue weighted by molar-refractivity contribution is 5.34. The zero-order valence-corrected chi connectivity index (χ0v) is 27.0. The Morgan fingerprint density at radius 2 is 1.09 bits per heavy atom. The Kier molecular flexibility index (Phi) is 16.4. The summed E-state index contributed by atoms with van der Waals surface area (Å²) in [6, 6.07) is 23.3. The minimum atomic E-state index is 0. The Morgan fingerprint density at radius 3 is 1.72 bits per heavy atom. The summed E-state index contributed by atoms with van der Waals surface area (Å²) in [5.41, 5.74) is 2.83. The number of nitrogens with zero attached hydrogens (tertiary/aromatic N) is 1. The molecule has 250 valence electrons. The SMILES string of the molecule is COCCOc1cccc(Cc2nc(COCCOCCOc3cccc(OC)c3)c(Cc3cccc(OCCOC)c3)o2)c1.N. The van der Waals surface area contributed by atoms with Gasteiger partial charge in [0.2, 0.25) is 0 Å². The van der Waals surface area contributed by atoms with Crippen LogP contribution in [0.1, 0.15) is 28.5 Å². The summed E-state index contributed by atoms with van der Waals surface area (Å²) in [5, 5.41) is 0. The number of hydrogen-bond donors (Lipinski definition) is 1. The van der Waals surface area contributed by atoms with Crippen molar-refractivity contribution in [3.63, 3.8) is 0 Å². The molecule has 0 fully saturated rings. The lowest BCUT2D eigenvalue weighted by Crippen LogP contribution is -2.11. The van der Waals surface area contributed by atoms with Crippen LogP contribution in [0.4, 0.5) is 0 Å². The van der Waals surface area contributed by atoms with Crippen LogP contribution in [0, 0.1) is 0 Å². The summed E-state index contributed by atoms with van der Waals surface area (Å²) in [5.74, 6) is 4.40. The standard InChI is InChI=1S/C35H43NO9.H3N/c1-37-13-18-42-30-10-4-7-27(21-30)23-34-33(26-41-16-15-40-17-20-44-32-12-6-9-29(25-32)39-3)36-35(45-34)24-28-8-5-11-31(22-28)43-19-14-38-2;/h4-12,21-22,25H,13-20,23-24,26H2,1-3H3;1H3. The Bertz CT molecular complexity index is 1410. The molecule has 1 heterocycles. The smallest absolute Gasteiger partial charge is 0.199 e. The van der Waals surface area contributed by atoms with Gasteiger partial charge in [0.05, 0.1) is 46.8 Å². The van der Waals surface area contributed by atoms with Crippen LogP contribution in [0.5, 0.6) is 23.0 Å². The molecule has 3 aromatic carbocycles. The zero-order valence-electron chi connectivity index (χ0n) is 27.0. The van der Waals surface area contributed by atoms with Crippen LogP contribution < -0.4 is 25.1 Å². The maximum atomic E-state index is 6.30. The molecule has 0 amide bonds. The Balaban J connectivity index is 0.00000576. The Hall–Kier alpha value is -4.13. The average molecular weight is 639 g/mol. The van der Waals surface area contributed by atoms with E-state index in [9.17, 15) is 0 Å². The predicted molar refractivity (Wildman–Crippen MR) is 174 cm³/mol. The third kappa shape index (κ3) is 12.7. The molecule has 4 aromatic rings. The first kappa shape index (κ1) is 36.3. The molecule has 3 N–H and O–H groups in total. The number of benzene rings is 3. The molecular weight excluding hydrogens is 592 g/mol. The Labute approximate surface area is 271 Å². The third-order valence-corrected chi connectivity index (χ3v) is 6.60. The summed E-state index contributed by atoms with van der Waals surface area (Å²) in [6.07, 6.45) is 1.07. The molecule has 0 aliphatic carbocycles. The number of aromatic nitrogens is 1. The van der Waals surface area contributed by atoms with Crippen LogP contribution in [0.25, 0.3) is 0 Å². The average Bonchev–Trinajstić information content (AvgIpc) is 3.43. The molecule has 0 aliphatic rings. The maximum absolute atomic E-state index is 6.30. The largest absolute Gasteiger partial charge is 0.497 e. The van der Waals surface area contributed by atoms with Gasteiger partial charge in [-0.3, -0.25) is 0 Å². The fraction of sp³-hybridized carbons (Fsp3) is 0.400. The fourth-order valence-electron chi connectivity index (χ4n) is 4.40. The van der Waals surface area contributed by atoms with Gasteiger partial charge in [0.25, 0.3) is 0 Å². The molecule has 0 spiro atoms. The topological polar surface area (TPSA) is 135 Å². The molecule has 46 heavy (non-hydrogen) atoms. The molecule has 0 atom stereocenters. The minimum Gasteiger partial charge on any atom is -0.497 e. The van der Waals surface area contributed by atoms with Crippen LogP contribution in [0.3, 0.4) is 0 Å². The van der Waals surface area contributed by atoms with Crippen molar-refractivity contribution in [2.75, 3.05) is 74.2 Å². The van der Waals surface area contributed by atoms with E-state index in [1.807, 2.05) is 72.8 Å². The van der Waals surface area contributed by atoms with Gasteiger partial charge < -0.3 is 48.5 Å². The van der Waals surface area contributed by atoms with Crippen LogP contribution in [-0.4, -0.2) is 79.2 Å². The van der Waals surface area contributed by atoms with Crippen molar-refractivity contribution in [1.29, 1.82) is 0 Å². The summed E-state index contributed by atoms with van der Waals surface area (Å²) < 4.78 is 50.6. The van der Waals surface area contributed by atoms with Gasteiger partial charge in [0, 0.05) is 33.1 Å². The molecule has 11 nitrogen and oxygen atoms in total. The molecule has 0 aliphatic heterocycles. The van der Waals surface area contributed by atoms with E-state index in [1.54, 1.807) is 21.3 Å². The summed E-state index contributed by atoms with van der Waals surface area (Å²) in [7, 11) is 4.93. The molecular formula is C35H46N2O9. The highest BCUT2D eigenvalue weighted by Gasteiger charge is 2.16. The van der Waals surface area contributed by atoms with Crippen LogP contribution >= 0.6 is 0 Å². The van der Waals surface area contributed by atoms with Crippen LogP contribution in [0.2, 0.25) is 0 Å². The van der Waals surface area contributed by atoms with Gasteiger partial charge in [0.1, 0.15) is 54.3 Å². The highest BCUT2D eigenvalue weighted by Crippen LogP contribution is 2.23. The first-order valence-corrected chi connectivity index (χ1v) is 15.0. The van der Waals surface area contributed by atoms with E-state index in [2.05, 4.69) is 0 Å². The van der Waals surface area contributed by atoms with Gasteiger partial charge in [-0.25, -0.2) is 4.98 Å². The Morgan fingerprint density at radius 1 is 0.565 bits per heavy atom. The molecule has 11 heteroatoms. The van der Waals surface area contributed by atoms with Crippen molar-refractivity contribution in [2.24, 2.45) is 0 Å². The van der Waals surface area contributed by atoms with E-state index in [0.717, 1.165) is 45.6 Å². The second-order valence-corrected chi connectivity index (χ2v) is 10.0. The monoisotopic (exact) mass is 638 g/mol. The molecule has 0 bridgehead atoms. The molecule has 0 radical (unpaired) electrons. The molecule has 0 unspecified atom stereocenters. The van der Waals surface area contributed by atoms with E-state index >= 15 is 0 Å². The lowest BCUT2D eigenvalue weighted by Gasteiger charge is -2.09. The molecule has 1 aromatic heterocycles. The molecule has 0 saturated carbocycles. The van der Waals surface area contributed by atoms with E-state index < -0.39 is 0 Å². The number of methoxy groups -OCH3 is 3.